The summed E-state index contributed by atoms with van der Waals surface area (Å²) in [6.07, 6.45) is -1.80. The lowest BCUT2D eigenvalue weighted by Gasteiger charge is -2.28. The van der Waals surface area contributed by atoms with Gasteiger partial charge in [-0.05, 0) is 30.9 Å². The molecule has 0 spiro atoms. The first kappa shape index (κ1) is 25.0. The fourth-order valence-corrected chi connectivity index (χ4v) is 3.90. The molecule has 5 N–H and O–H groups in total. The number of carbonyl (C=O) groups excluding carboxylic acids is 2. The number of carbonyl (C=O) groups is 2. The minimum Gasteiger partial charge on any atom is -0.457 e. The Labute approximate surface area is 192 Å². The zero-order valence-corrected chi connectivity index (χ0v) is 19.6. The van der Waals surface area contributed by atoms with E-state index in [0.29, 0.717) is 11.2 Å². The number of hydrogen-bond donors (Lipinski definition) is 4. The summed E-state index contributed by atoms with van der Waals surface area (Å²) in [7, 11) is 0. The molecule has 0 unspecified atom stereocenters. The highest BCUT2D eigenvalue weighted by molar-refractivity contribution is 5.97. The number of esters is 1. The molecule has 0 saturated carbocycles. The molecular formula is C22H33N5O6. The molecule has 2 aromatic rings. The molecule has 11 heteroatoms. The Morgan fingerprint density at radius 3 is 2.64 bits per heavy atom. The van der Waals surface area contributed by atoms with Gasteiger partial charge in [0, 0.05) is 6.42 Å². The Bertz CT molecular complexity index is 1010. The molecule has 0 radical (unpaired) electrons. The van der Waals surface area contributed by atoms with Gasteiger partial charge in [0.05, 0.1) is 18.3 Å². The van der Waals surface area contributed by atoms with Gasteiger partial charge >= 0.3 is 5.97 Å². The third kappa shape index (κ3) is 4.86. The number of aromatic nitrogens is 3. The molecule has 182 valence electrons. The topological polar surface area (TPSA) is 161 Å². The van der Waals surface area contributed by atoms with Crippen LogP contribution in [0.25, 0.3) is 5.52 Å². The van der Waals surface area contributed by atoms with Gasteiger partial charge in [-0.25, -0.2) is 9.50 Å². The van der Waals surface area contributed by atoms with Crippen molar-refractivity contribution >= 4 is 23.2 Å². The molecule has 1 aliphatic heterocycles. The van der Waals surface area contributed by atoms with Crippen molar-refractivity contribution in [3.05, 3.63) is 24.2 Å². The highest BCUT2D eigenvalue weighted by Gasteiger charge is 2.55. The maximum absolute atomic E-state index is 12.4. The van der Waals surface area contributed by atoms with E-state index in [0.717, 1.165) is 0 Å². The van der Waals surface area contributed by atoms with E-state index >= 15 is 0 Å². The molecular weight excluding hydrogens is 430 g/mol. The molecule has 0 aromatic carbocycles. The van der Waals surface area contributed by atoms with Crippen molar-refractivity contribution in [1.29, 1.82) is 0 Å². The second-order valence-corrected chi connectivity index (χ2v) is 9.33. The van der Waals surface area contributed by atoms with Crippen LogP contribution in [0.4, 0.5) is 5.82 Å². The minimum absolute atomic E-state index is 0.0584. The summed E-state index contributed by atoms with van der Waals surface area (Å²) >= 11 is 0. The van der Waals surface area contributed by atoms with Crippen LogP contribution >= 0.6 is 0 Å². The third-order valence-electron chi connectivity index (χ3n) is 5.88. The smallest absolute Gasteiger partial charge is 0.306 e. The van der Waals surface area contributed by atoms with E-state index in [-0.39, 0.29) is 30.0 Å². The molecule has 1 amide bonds. The fourth-order valence-electron chi connectivity index (χ4n) is 3.90. The van der Waals surface area contributed by atoms with Crippen molar-refractivity contribution in [2.24, 2.45) is 17.6 Å². The van der Waals surface area contributed by atoms with Crippen LogP contribution in [0.3, 0.4) is 0 Å². The summed E-state index contributed by atoms with van der Waals surface area (Å²) in [5, 5.41) is 27.9. The van der Waals surface area contributed by atoms with E-state index in [1.807, 2.05) is 27.7 Å². The van der Waals surface area contributed by atoms with Gasteiger partial charge in [0.15, 0.2) is 11.9 Å². The molecule has 1 aliphatic rings. The highest BCUT2D eigenvalue weighted by atomic mass is 16.6. The lowest BCUT2D eigenvalue weighted by atomic mass is 9.93. The van der Waals surface area contributed by atoms with Gasteiger partial charge in [-0.15, -0.1) is 0 Å². The second-order valence-electron chi connectivity index (χ2n) is 9.33. The van der Waals surface area contributed by atoms with E-state index in [1.54, 1.807) is 19.1 Å². The van der Waals surface area contributed by atoms with Crippen LogP contribution in [0.2, 0.25) is 0 Å². The van der Waals surface area contributed by atoms with Crippen molar-refractivity contribution in [1.82, 2.24) is 14.6 Å². The highest BCUT2D eigenvalue weighted by Crippen LogP contribution is 2.41. The molecule has 3 rings (SSSR count). The summed E-state index contributed by atoms with van der Waals surface area (Å²) in [6, 6.07) is 2.65. The van der Waals surface area contributed by atoms with Crippen LogP contribution in [0, 0.1) is 11.8 Å². The monoisotopic (exact) mass is 463 g/mol. The molecule has 0 aliphatic carbocycles. The minimum atomic E-state index is -1.35. The Morgan fingerprint density at radius 2 is 2.03 bits per heavy atom. The average Bonchev–Trinajstić information content (AvgIpc) is 3.29. The lowest BCUT2D eigenvalue weighted by Crippen LogP contribution is -2.42. The van der Waals surface area contributed by atoms with Crippen LogP contribution in [0.1, 0.15) is 46.7 Å². The number of nitrogens with zero attached hydrogens (tertiary/aromatic N) is 3. The standard InChI is InChI=1S/C22H33N5O6/c1-11(2)8-16(29)32-18-14(9-28)33-22(5,19(18)30)15-7-6-13-20(24-10-25-27(13)15)26-21(31)17(23)12(3)4/h6-7,10-12,14,17-19,28,30H,8-9,23H2,1-5H3,(H,24,25,26,31)/t14-,17+,18-,19-,22+/m1/s1. The van der Waals surface area contributed by atoms with Crippen LogP contribution in [-0.4, -0.2) is 67.6 Å². The maximum Gasteiger partial charge on any atom is 0.306 e. The quantitative estimate of drug-likeness (QED) is 0.410. The predicted octanol–water partition coefficient (Wildman–Crippen LogP) is 0.576. The van der Waals surface area contributed by atoms with Crippen LogP contribution in [0.5, 0.6) is 0 Å². The zero-order valence-electron chi connectivity index (χ0n) is 19.6. The predicted molar refractivity (Wildman–Crippen MR) is 119 cm³/mol. The molecule has 5 atom stereocenters. The van der Waals surface area contributed by atoms with Gasteiger partial charge in [0.2, 0.25) is 5.91 Å². The van der Waals surface area contributed by atoms with Crippen molar-refractivity contribution in [3.63, 3.8) is 0 Å². The van der Waals surface area contributed by atoms with Gasteiger partial charge in [0.1, 0.15) is 29.7 Å². The van der Waals surface area contributed by atoms with E-state index in [2.05, 4.69) is 15.4 Å². The number of rotatable bonds is 8. The van der Waals surface area contributed by atoms with Gasteiger partial charge in [-0.2, -0.15) is 5.10 Å². The summed E-state index contributed by atoms with van der Waals surface area (Å²) in [4.78, 5) is 28.8. The van der Waals surface area contributed by atoms with Gasteiger partial charge in [-0.3, -0.25) is 9.59 Å². The molecule has 2 aromatic heterocycles. The number of ether oxygens (including phenoxy) is 2. The number of aliphatic hydroxyl groups is 2. The number of nitrogens with one attached hydrogen (secondary N) is 1. The summed E-state index contributed by atoms with van der Waals surface area (Å²) in [6.45, 7) is 8.64. The van der Waals surface area contributed by atoms with Gasteiger partial charge in [0.25, 0.3) is 0 Å². The molecule has 11 nitrogen and oxygen atoms in total. The summed E-state index contributed by atoms with van der Waals surface area (Å²) < 4.78 is 13.0. The van der Waals surface area contributed by atoms with Crippen LogP contribution in [-0.2, 0) is 24.7 Å². The molecule has 1 fully saturated rings. The molecule has 3 heterocycles. The average molecular weight is 464 g/mol. The van der Waals surface area contributed by atoms with E-state index in [1.165, 1.54) is 10.8 Å². The number of nitrogens with two attached hydrogens (primary N) is 1. The Hall–Kier alpha value is -2.60. The number of fused-ring (bicyclic) bond motifs is 1. The summed E-state index contributed by atoms with van der Waals surface area (Å²) in [5.41, 5.74) is 5.49. The van der Waals surface area contributed by atoms with Crippen molar-refractivity contribution in [2.75, 3.05) is 11.9 Å². The first-order chi connectivity index (χ1) is 15.5. The Morgan fingerprint density at radius 1 is 1.33 bits per heavy atom. The molecule has 33 heavy (non-hydrogen) atoms. The number of aliphatic hydroxyl groups excluding tert-OH is 2. The maximum atomic E-state index is 12.4. The molecule has 0 bridgehead atoms. The lowest BCUT2D eigenvalue weighted by molar-refractivity contribution is -0.157. The van der Waals surface area contributed by atoms with E-state index in [4.69, 9.17) is 15.2 Å². The SMILES string of the molecule is CC(C)CC(=O)O[C@H]1[C@@H](O)[C@](C)(c2ccc3c(NC(=O)[C@@H](N)C(C)C)ncnn23)O[C@@H]1CO. The van der Waals surface area contributed by atoms with E-state index < -0.39 is 42.5 Å². The molecule has 1 saturated heterocycles. The number of anilines is 1. The van der Waals surface area contributed by atoms with Gasteiger partial charge < -0.3 is 30.7 Å². The zero-order chi connectivity index (χ0) is 24.5. The second kappa shape index (κ2) is 9.72. The van der Waals surface area contributed by atoms with Crippen LogP contribution in [0.15, 0.2) is 18.5 Å². The normalized spacial score (nSPS) is 26.2. The summed E-state index contributed by atoms with van der Waals surface area (Å²) in [5.74, 6) is -0.577. The van der Waals surface area contributed by atoms with Crippen molar-refractivity contribution in [3.8, 4) is 0 Å². The largest absolute Gasteiger partial charge is 0.457 e. The Balaban J connectivity index is 1.92. The first-order valence-electron chi connectivity index (χ1n) is 11.1. The van der Waals surface area contributed by atoms with Crippen molar-refractivity contribution in [2.45, 2.75) is 71.0 Å². The van der Waals surface area contributed by atoms with Crippen molar-refractivity contribution < 1.29 is 29.3 Å². The fraction of sp³-hybridized carbons (Fsp3) is 0.636. The third-order valence-corrected chi connectivity index (χ3v) is 5.88. The van der Waals surface area contributed by atoms with E-state index in [9.17, 15) is 19.8 Å². The number of hydrogen-bond acceptors (Lipinski definition) is 9. The first-order valence-corrected chi connectivity index (χ1v) is 11.1. The Kier molecular flexibility index (Phi) is 7.37. The number of amides is 1. The van der Waals surface area contributed by atoms with Gasteiger partial charge in [-0.1, -0.05) is 27.7 Å². The van der Waals surface area contributed by atoms with Crippen LogP contribution < -0.4 is 11.1 Å².